The molecule has 10 nitrogen and oxygen atoms in total. The van der Waals surface area contributed by atoms with Gasteiger partial charge in [-0.2, -0.15) is 0 Å². The molecule has 0 aliphatic heterocycles. The van der Waals surface area contributed by atoms with Gasteiger partial charge in [-0.25, -0.2) is 14.4 Å². The lowest BCUT2D eigenvalue weighted by Crippen LogP contribution is -2.17. The molecular weight excluding hydrogens is 430 g/mol. The van der Waals surface area contributed by atoms with E-state index in [1.54, 1.807) is 0 Å². The van der Waals surface area contributed by atoms with Crippen molar-refractivity contribution in [3.8, 4) is 11.5 Å². The van der Waals surface area contributed by atoms with Crippen molar-refractivity contribution in [1.29, 1.82) is 0 Å². The van der Waals surface area contributed by atoms with E-state index >= 15 is 0 Å². The number of esters is 3. The van der Waals surface area contributed by atoms with E-state index in [4.69, 9.17) is 19.9 Å². The first-order valence-corrected chi connectivity index (χ1v) is 9.60. The van der Waals surface area contributed by atoms with Gasteiger partial charge in [0.2, 0.25) is 0 Å². The second-order valence-electron chi connectivity index (χ2n) is 6.00. The van der Waals surface area contributed by atoms with Crippen LogP contribution in [0, 0.1) is 0 Å². The van der Waals surface area contributed by atoms with Gasteiger partial charge in [0.05, 0.1) is 21.3 Å². The number of rotatable bonds is 9. The molecule has 31 heavy (non-hydrogen) atoms. The molecule has 0 aliphatic carbocycles. The van der Waals surface area contributed by atoms with Crippen LogP contribution in [0.4, 0.5) is 5.00 Å². The molecule has 2 aromatic rings. The summed E-state index contributed by atoms with van der Waals surface area (Å²) in [5, 5.41) is 0.0323. The summed E-state index contributed by atoms with van der Waals surface area (Å²) >= 11 is 0.824. The lowest BCUT2D eigenvalue weighted by Gasteiger charge is -2.12. The highest BCUT2D eigenvalue weighted by atomic mass is 32.1. The molecule has 1 aromatic heterocycles. The first-order chi connectivity index (χ1) is 14.7. The van der Waals surface area contributed by atoms with Gasteiger partial charge in [-0.15, -0.1) is 11.3 Å². The SMILES string of the molecule is COC(=O)c1sc(N)c(C(=O)OC)c1COC(=O)COc1ccc(C(C)=O)cc1OC. The first kappa shape index (κ1) is 23.7. The molecule has 0 atom stereocenters. The van der Waals surface area contributed by atoms with Crippen molar-refractivity contribution in [3.63, 3.8) is 0 Å². The normalized spacial score (nSPS) is 10.2. The van der Waals surface area contributed by atoms with E-state index in [0.29, 0.717) is 5.56 Å². The van der Waals surface area contributed by atoms with Crippen LogP contribution in [0.3, 0.4) is 0 Å². The average Bonchev–Trinajstić information content (AvgIpc) is 3.10. The summed E-state index contributed by atoms with van der Waals surface area (Å²) in [7, 11) is 3.73. The molecule has 0 saturated heterocycles. The fraction of sp³-hybridized carbons (Fsp3) is 0.300. The quantitative estimate of drug-likeness (QED) is 0.343. The number of nitrogen functional groups attached to an aromatic ring is 1. The van der Waals surface area contributed by atoms with Crippen LogP contribution in [0.2, 0.25) is 0 Å². The average molecular weight is 451 g/mol. The number of carbonyl (C=O) groups excluding carboxylic acids is 4. The zero-order valence-electron chi connectivity index (χ0n) is 17.3. The number of hydrogen-bond donors (Lipinski definition) is 1. The summed E-state index contributed by atoms with van der Waals surface area (Å²) in [6, 6.07) is 4.51. The van der Waals surface area contributed by atoms with Gasteiger partial charge in [-0.3, -0.25) is 4.79 Å². The monoisotopic (exact) mass is 451 g/mol. The van der Waals surface area contributed by atoms with Gasteiger partial charge in [0.25, 0.3) is 0 Å². The Morgan fingerprint density at radius 2 is 1.68 bits per heavy atom. The molecule has 166 valence electrons. The minimum atomic E-state index is -0.783. The molecule has 2 N–H and O–H groups in total. The molecule has 1 heterocycles. The van der Waals surface area contributed by atoms with E-state index < -0.39 is 31.1 Å². The van der Waals surface area contributed by atoms with E-state index in [-0.39, 0.29) is 38.3 Å². The minimum Gasteiger partial charge on any atom is -0.493 e. The molecule has 0 aliphatic rings. The maximum absolute atomic E-state index is 12.2. The molecule has 2 rings (SSSR count). The van der Waals surface area contributed by atoms with Crippen LogP contribution in [0.15, 0.2) is 18.2 Å². The summed E-state index contributed by atoms with van der Waals surface area (Å²) < 4.78 is 25.1. The predicted octanol–water partition coefficient (Wildman–Crippen LogP) is 2.24. The summed E-state index contributed by atoms with van der Waals surface area (Å²) in [4.78, 5) is 47.7. The number of Topliss-reactive ketones (excluding diaryl/α,β-unsaturated/α-hetero) is 1. The second-order valence-corrected chi connectivity index (χ2v) is 7.06. The van der Waals surface area contributed by atoms with Gasteiger partial charge in [-0.05, 0) is 25.1 Å². The molecule has 0 unspecified atom stereocenters. The predicted molar refractivity (Wildman–Crippen MR) is 110 cm³/mol. The Balaban J connectivity index is 2.12. The largest absolute Gasteiger partial charge is 0.493 e. The number of methoxy groups -OCH3 is 3. The van der Waals surface area contributed by atoms with Crippen molar-refractivity contribution in [1.82, 2.24) is 0 Å². The number of anilines is 1. The van der Waals surface area contributed by atoms with Crippen molar-refractivity contribution >= 4 is 40.0 Å². The number of ether oxygens (including phenoxy) is 5. The molecule has 0 bridgehead atoms. The third-order valence-corrected chi connectivity index (χ3v) is 5.13. The molecule has 0 amide bonds. The molecule has 11 heteroatoms. The van der Waals surface area contributed by atoms with Crippen LogP contribution in [-0.2, 0) is 25.6 Å². The van der Waals surface area contributed by atoms with Crippen LogP contribution < -0.4 is 15.2 Å². The Hall–Kier alpha value is -3.60. The number of carbonyl (C=O) groups is 4. The Kier molecular flexibility index (Phi) is 7.97. The van der Waals surface area contributed by atoms with Crippen LogP contribution in [-0.4, -0.2) is 51.6 Å². The molecule has 1 aromatic carbocycles. The number of nitrogens with two attached hydrogens (primary N) is 1. The lowest BCUT2D eigenvalue weighted by molar-refractivity contribution is -0.147. The molecule has 0 radical (unpaired) electrons. The Bertz CT molecular complexity index is 1010. The zero-order valence-corrected chi connectivity index (χ0v) is 18.1. The standard InChI is InChI=1S/C20H21NO9S/c1-10(22)11-5-6-13(14(7-11)26-2)29-9-15(23)30-8-12-16(19(24)27-3)18(21)31-17(12)20(25)28-4/h5-7H,8-9,21H2,1-4H3. The van der Waals surface area contributed by atoms with Crippen molar-refractivity contribution in [2.45, 2.75) is 13.5 Å². The zero-order chi connectivity index (χ0) is 23.1. The number of hydrogen-bond acceptors (Lipinski definition) is 11. The van der Waals surface area contributed by atoms with Crippen molar-refractivity contribution in [2.24, 2.45) is 0 Å². The lowest BCUT2D eigenvalue weighted by atomic mass is 10.1. The van der Waals surface area contributed by atoms with Gasteiger partial charge >= 0.3 is 17.9 Å². The van der Waals surface area contributed by atoms with Crippen LogP contribution >= 0.6 is 11.3 Å². The van der Waals surface area contributed by atoms with Crippen LogP contribution in [0.5, 0.6) is 11.5 Å². The van der Waals surface area contributed by atoms with Crippen LogP contribution in [0.25, 0.3) is 0 Å². The van der Waals surface area contributed by atoms with E-state index in [9.17, 15) is 19.2 Å². The van der Waals surface area contributed by atoms with Gasteiger partial charge < -0.3 is 29.4 Å². The topological polar surface area (TPSA) is 140 Å². The number of thiophene rings is 1. The third-order valence-electron chi connectivity index (χ3n) is 4.09. The summed E-state index contributed by atoms with van der Waals surface area (Å²) in [6.45, 7) is 0.497. The molecule has 0 saturated carbocycles. The smallest absolute Gasteiger partial charge is 0.348 e. The Morgan fingerprint density at radius 3 is 2.26 bits per heavy atom. The fourth-order valence-corrected chi connectivity index (χ4v) is 3.52. The number of benzene rings is 1. The van der Waals surface area contributed by atoms with Crippen molar-refractivity contribution in [2.75, 3.05) is 33.7 Å². The van der Waals surface area contributed by atoms with Gasteiger partial charge in [-0.1, -0.05) is 0 Å². The Morgan fingerprint density at radius 1 is 1.00 bits per heavy atom. The summed E-state index contributed by atoms with van der Waals surface area (Å²) in [5.41, 5.74) is 6.26. The molecule has 0 spiro atoms. The van der Waals surface area contributed by atoms with Crippen molar-refractivity contribution in [3.05, 3.63) is 39.8 Å². The van der Waals surface area contributed by atoms with Gasteiger partial charge in [0.15, 0.2) is 23.9 Å². The molecular formula is C20H21NO9S. The summed E-state index contributed by atoms with van der Waals surface area (Å²) in [5.74, 6) is -1.94. The van der Waals surface area contributed by atoms with Crippen LogP contribution in [0.1, 0.15) is 42.9 Å². The van der Waals surface area contributed by atoms with E-state index in [1.807, 2.05) is 0 Å². The van der Waals surface area contributed by atoms with Gasteiger partial charge in [0, 0.05) is 11.1 Å². The maximum atomic E-state index is 12.2. The molecule has 0 fully saturated rings. The first-order valence-electron chi connectivity index (χ1n) is 8.78. The highest BCUT2D eigenvalue weighted by Crippen LogP contribution is 2.33. The third kappa shape index (κ3) is 5.51. The Labute approximate surface area is 181 Å². The van der Waals surface area contributed by atoms with Gasteiger partial charge in [0.1, 0.15) is 22.0 Å². The highest BCUT2D eigenvalue weighted by Gasteiger charge is 2.28. The van der Waals surface area contributed by atoms with E-state index in [1.165, 1.54) is 39.3 Å². The van der Waals surface area contributed by atoms with Crippen molar-refractivity contribution < 1.29 is 42.9 Å². The second kappa shape index (κ2) is 10.4. The van der Waals surface area contributed by atoms with E-state index in [2.05, 4.69) is 9.47 Å². The highest BCUT2D eigenvalue weighted by molar-refractivity contribution is 7.18. The van der Waals surface area contributed by atoms with E-state index in [0.717, 1.165) is 18.4 Å². The number of ketones is 1. The maximum Gasteiger partial charge on any atom is 0.348 e. The minimum absolute atomic E-state index is 0.0237. The summed E-state index contributed by atoms with van der Waals surface area (Å²) in [6.07, 6.45) is 0. The fourth-order valence-electron chi connectivity index (χ4n) is 2.54.